The lowest BCUT2D eigenvalue weighted by atomic mass is 10.1. The van der Waals surface area contributed by atoms with Crippen molar-refractivity contribution in [1.82, 2.24) is 5.32 Å². The molecule has 2 aromatic rings. The lowest BCUT2D eigenvalue weighted by Gasteiger charge is -2.15. The molecule has 0 atom stereocenters. The first-order valence-electron chi connectivity index (χ1n) is 9.69. The van der Waals surface area contributed by atoms with Gasteiger partial charge in [-0.3, -0.25) is 0 Å². The van der Waals surface area contributed by atoms with E-state index >= 15 is 0 Å². The topological polar surface area (TPSA) is 30.5 Å². The van der Waals surface area contributed by atoms with Crippen LogP contribution in [0.15, 0.2) is 34.8 Å². The van der Waals surface area contributed by atoms with Gasteiger partial charge in [0.1, 0.15) is 6.61 Å². The third-order valence-electron chi connectivity index (χ3n) is 4.44. The van der Waals surface area contributed by atoms with Crippen LogP contribution in [-0.4, -0.2) is 13.7 Å². The molecule has 0 bridgehead atoms. The van der Waals surface area contributed by atoms with Crippen molar-refractivity contribution in [3.63, 3.8) is 0 Å². The van der Waals surface area contributed by atoms with Gasteiger partial charge in [0.05, 0.1) is 21.6 Å². The summed E-state index contributed by atoms with van der Waals surface area (Å²) in [5.74, 6) is 1.38. The van der Waals surface area contributed by atoms with Crippen LogP contribution in [0.3, 0.4) is 0 Å². The summed E-state index contributed by atoms with van der Waals surface area (Å²) in [7, 11) is 1.65. The molecule has 1 N–H and O–H groups in total. The van der Waals surface area contributed by atoms with Crippen LogP contribution in [0.25, 0.3) is 0 Å². The van der Waals surface area contributed by atoms with Crippen molar-refractivity contribution in [2.24, 2.45) is 0 Å². The highest BCUT2D eigenvalue weighted by atomic mass is 79.9. The second-order valence-electron chi connectivity index (χ2n) is 6.74. The van der Waals surface area contributed by atoms with E-state index < -0.39 is 0 Å². The van der Waals surface area contributed by atoms with Crippen LogP contribution >= 0.6 is 51.5 Å². The molecule has 0 saturated heterocycles. The molecule has 0 unspecified atom stereocenters. The molecule has 29 heavy (non-hydrogen) atoms. The number of hydrogen-bond acceptors (Lipinski definition) is 3. The highest BCUT2D eigenvalue weighted by Gasteiger charge is 2.12. The number of methoxy groups -OCH3 is 1. The number of ether oxygens (including phenoxy) is 2. The first kappa shape index (κ1) is 26.4. The third-order valence-corrected chi connectivity index (χ3v) is 5.77. The zero-order valence-electron chi connectivity index (χ0n) is 16.9. The fourth-order valence-electron chi connectivity index (χ4n) is 2.89. The van der Waals surface area contributed by atoms with E-state index in [-0.39, 0.29) is 12.4 Å². The number of rotatable bonds is 12. The molecular weight excluding hydrogens is 497 g/mol. The van der Waals surface area contributed by atoms with E-state index in [1.54, 1.807) is 13.2 Å². The van der Waals surface area contributed by atoms with Crippen molar-refractivity contribution >= 4 is 51.5 Å². The molecule has 0 spiro atoms. The minimum absolute atomic E-state index is 0. The van der Waals surface area contributed by atoms with E-state index in [4.69, 9.17) is 32.7 Å². The van der Waals surface area contributed by atoms with Gasteiger partial charge in [0.2, 0.25) is 0 Å². The smallest absolute Gasteiger partial charge is 0.175 e. The maximum absolute atomic E-state index is 6.07. The first-order valence-corrected chi connectivity index (χ1v) is 11.2. The maximum atomic E-state index is 6.07. The summed E-state index contributed by atoms with van der Waals surface area (Å²) in [4.78, 5) is 0. The van der Waals surface area contributed by atoms with Gasteiger partial charge >= 0.3 is 0 Å². The highest BCUT2D eigenvalue weighted by Crippen LogP contribution is 2.37. The Morgan fingerprint density at radius 3 is 2.41 bits per heavy atom. The number of nitrogens with one attached hydrogen (secondary N) is 1. The predicted molar refractivity (Wildman–Crippen MR) is 129 cm³/mol. The lowest BCUT2D eigenvalue weighted by molar-refractivity contribution is 0.282. The Kier molecular flexibility index (Phi) is 13.1. The van der Waals surface area contributed by atoms with Crippen molar-refractivity contribution in [1.29, 1.82) is 0 Å². The Hall–Kier alpha value is -0.650. The van der Waals surface area contributed by atoms with Crippen LogP contribution in [0.4, 0.5) is 0 Å². The third kappa shape index (κ3) is 8.94. The lowest BCUT2D eigenvalue weighted by Crippen LogP contribution is -2.14. The molecule has 162 valence electrons. The Balaban J connectivity index is 0.00000420. The quantitative estimate of drug-likeness (QED) is 0.287. The van der Waals surface area contributed by atoms with Crippen LogP contribution in [0.1, 0.15) is 50.2 Å². The summed E-state index contributed by atoms with van der Waals surface area (Å²) < 4.78 is 12.4. The van der Waals surface area contributed by atoms with Gasteiger partial charge in [-0.1, -0.05) is 61.9 Å². The van der Waals surface area contributed by atoms with E-state index in [2.05, 4.69) is 34.2 Å². The van der Waals surface area contributed by atoms with Gasteiger partial charge in [-0.05, 0) is 64.3 Å². The zero-order valence-corrected chi connectivity index (χ0v) is 20.8. The predicted octanol–water partition coefficient (Wildman–Crippen LogP) is 7.83. The Bertz CT molecular complexity index is 759. The van der Waals surface area contributed by atoms with E-state index in [9.17, 15) is 0 Å². The number of halogens is 4. The Morgan fingerprint density at radius 2 is 1.72 bits per heavy atom. The average Bonchev–Trinajstić information content (AvgIpc) is 2.68. The normalized spacial score (nSPS) is 10.5. The van der Waals surface area contributed by atoms with Crippen molar-refractivity contribution in [3.05, 3.63) is 56.0 Å². The molecule has 2 rings (SSSR count). The van der Waals surface area contributed by atoms with Crippen molar-refractivity contribution in [2.75, 3.05) is 13.7 Å². The number of hydrogen-bond donors (Lipinski definition) is 1. The van der Waals surface area contributed by atoms with Crippen LogP contribution < -0.4 is 14.8 Å². The zero-order chi connectivity index (χ0) is 20.4. The minimum Gasteiger partial charge on any atom is -0.493 e. The largest absolute Gasteiger partial charge is 0.493 e. The Labute approximate surface area is 199 Å². The molecule has 0 aliphatic rings. The standard InChI is InChI=1S/C22H28BrCl2NO2.ClH/c1-3-4-5-6-7-10-26-14-17-11-18(23)22(21(13-17)27-2)28-15-16-8-9-19(24)20(25)12-16;/h8-9,11-13,26H,3-7,10,14-15H2,1-2H3;1H. The monoisotopic (exact) mass is 523 g/mol. The fourth-order valence-corrected chi connectivity index (χ4v) is 3.81. The van der Waals surface area contributed by atoms with Crippen LogP contribution in [0.5, 0.6) is 11.5 Å². The van der Waals surface area contributed by atoms with Crippen molar-refractivity contribution in [3.8, 4) is 11.5 Å². The van der Waals surface area contributed by atoms with E-state index in [0.29, 0.717) is 28.2 Å². The molecule has 0 saturated carbocycles. The van der Waals surface area contributed by atoms with Gasteiger partial charge in [0.25, 0.3) is 0 Å². The van der Waals surface area contributed by atoms with Crippen LogP contribution in [0.2, 0.25) is 10.0 Å². The summed E-state index contributed by atoms with van der Waals surface area (Å²) in [6.07, 6.45) is 6.43. The Morgan fingerprint density at radius 1 is 0.966 bits per heavy atom. The maximum Gasteiger partial charge on any atom is 0.175 e. The van der Waals surface area contributed by atoms with E-state index in [1.165, 1.54) is 32.1 Å². The van der Waals surface area contributed by atoms with Gasteiger partial charge in [-0.25, -0.2) is 0 Å². The molecule has 0 aliphatic heterocycles. The van der Waals surface area contributed by atoms with Gasteiger partial charge in [-0.2, -0.15) is 0 Å². The molecule has 0 heterocycles. The van der Waals surface area contributed by atoms with Crippen molar-refractivity contribution < 1.29 is 9.47 Å². The molecule has 0 amide bonds. The summed E-state index contributed by atoms with van der Waals surface area (Å²) in [6.45, 7) is 4.44. The minimum atomic E-state index is 0. The number of benzene rings is 2. The van der Waals surface area contributed by atoms with Gasteiger partial charge in [-0.15, -0.1) is 12.4 Å². The summed E-state index contributed by atoms with van der Waals surface area (Å²) >= 11 is 15.6. The van der Waals surface area contributed by atoms with Crippen molar-refractivity contribution in [2.45, 2.75) is 52.2 Å². The average molecular weight is 526 g/mol. The van der Waals surface area contributed by atoms with Gasteiger partial charge in [0.15, 0.2) is 11.5 Å². The summed E-state index contributed by atoms with van der Waals surface area (Å²) in [6, 6.07) is 9.55. The molecule has 0 fully saturated rings. The fraction of sp³-hybridized carbons (Fsp3) is 0.455. The molecule has 0 aromatic heterocycles. The summed E-state index contributed by atoms with van der Waals surface area (Å²) in [5.41, 5.74) is 2.09. The van der Waals surface area contributed by atoms with E-state index in [1.807, 2.05) is 18.2 Å². The molecule has 7 heteroatoms. The van der Waals surface area contributed by atoms with Crippen LogP contribution in [-0.2, 0) is 13.2 Å². The first-order chi connectivity index (χ1) is 13.5. The van der Waals surface area contributed by atoms with Crippen LogP contribution in [0, 0.1) is 0 Å². The molecule has 2 aromatic carbocycles. The highest BCUT2D eigenvalue weighted by molar-refractivity contribution is 9.10. The summed E-state index contributed by atoms with van der Waals surface area (Å²) in [5, 5.41) is 4.55. The second-order valence-corrected chi connectivity index (χ2v) is 8.41. The van der Waals surface area contributed by atoms with Gasteiger partial charge in [0, 0.05) is 6.54 Å². The molecule has 0 radical (unpaired) electrons. The van der Waals surface area contributed by atoms with E-state index in [0.717, 1.165) is 28.7 Å². The molecular formula is C22H29BrCl3NO2. The molecule has 3 nitrogen and oxygen atoms in total. The molecule has 0 aliphatic carbocycles. The second kappa shape index (κ2) is 14.4. The van der Waals surface area contributed by atoms with Gasteiger partial charge < -0.3 is 14.8 Å². The SMILES string of the molecule is CCCCCCCNCc1cc(Br)c(OCc2ccc(Cl)c(Cl)c2)c(OC)c1.Cl. The number of unbranched alkanes of at least 4 members (excludes halogenated alkanes) is 4.